The lowest BCUT2D eigenvalue weighted by atomic mass is 9.51. The fourth-order valence-electron chi connectivity index (χ4n) is 9.03. The molecule has 7 aliphatic rings. The Balaban J connectivity index is 1.43. The average Bonchev–Trinajstić information content (AvgIpc) is 3.63. The molecule has 0 amide bonds. The molecule has 8 rings (SSSR count). The first-order chi connectivity index (χ1) is 22.9. The van der Waals surface area contributed by atoms with Gasteiger partial charge in [-0.2, -0.15) is 0 Å². The van der Waals surface area contributed by atoms with Gasteiger partial charge in [0.05, 0.1) is 37.1 Å². The molecule has 1 aromatic carbocycles. The highest BCUT2D eigenvalue weighted by Crippen LogP contribution is 2.68. The van der Waals surface area contributed by atoms with Gasteiger partial charge in [0, 0.05) is 35.0 Å². The maximum atomic E-state index is 15.1. The van der Waals surface area contributed by atoms with E-state index in [9.17, 15) is 9.59 Å². The standard InChI is InChI=1S/C40H48O9/c1-21(2)11-12-24-31-25(14-16-38(8,47-31)17-15-28-37(6,7)46-28)32(44-9)29-30(41)26-19-23-20-27-36(4,5)49-39(34(23)42,40(26,27)48-33(24)29)18-13-22(3)35(43)45-10/h11,13-14,16,19,23,27-28H,12,15,17-18,20H2,1-10H3/b22-13-/t23-,27?,28?,38+,39+,40-/m1/s1. The number of allylic oxidation sites excluding steroid dienone is 3. The number of rotatable bonds is 9. The third kappa shape index (κ3) is 4.74. The minimum absolute atomic E-state index is 0.0470. The van der Waals surface area contributed by atoms with E-state index in [4.69, 9.17) is 28.4 Å². The van der Waals surface area contributed by atoms with Crippen LogP contribution in [0.1, 0.15) is 103 Å². The number of esters is 1. The van der Waals surface area contributed by atoms with Crippen LogP contribution in [0.4, 0.5) is 0 Å². The zero-order valence-corrected chi connectivity index (χ0v) is 30.3. The number of methoxy groups -OCH3 is 2. The van der Waals surface area contributed by atoms with Crippen molar-refractivity contribution in [2.75, 3.05) is 14.2 Å². The van der Waals surface area contributed by atoms with E-state index < -0.39 is 34.3 Å². The highest BCUT2D eigenvalue weighted by atomic mass is 16.6. The predicted molar refractivity (Wildman–Crippen MR) is 183 cm³/mol. The number of carbonyl (C=O) groups is 3. The highest BCUT2D eigenvalue weighted by molar-refractivity contribution is 6.19. The summed E-state index contributed by atoms with van der Waals surface area (Å²) in [5, 5.41) is 0. The van der Waals surface area contributed by atoms with Crippen LogP contribution in [0.5, 0.6) is 17.2 Å². The summed E-state index contributed by atoms with van der Waals surface area (Å²) in [5.41, 5.74) is -0.959. The SMILES string of the molecule is COC(=O)/C(C)=C\C[C@@]12OC(C)(C)C3C[C@@H](C=C4C(=O)c5c(OC)c6c(c(CC=C(C)C)c5O[C@]431)O[C@](C)(CCC1OC1(C)C)C=C6)C2=O. The van der Waals surface area contributed by atoms with Gasteiger partial charge < -0.3 is 28.4 Å². The zero-order chi connectivity index (χ0) is 35.5. The Morgan fingerprint density at radius 3 is 2.35 bits per heavy atom. The molecule has 0 radical (unpaired) electrons. The Labute approximate surface area is 288 Å². The normalized spacial score (nSPS) is 33.8. The number of Topliss-reactive ketones (excluding diaryl/α,β-unsaturated/α-hetero) is 2. The predicted octanol–water partition coefficient (Wildman–Crippen LogP) is 6.84. The quantitative estimate of drug-likeness (QED) is 0.121. The number of benzene rings is 1. The van der Waals surface area contributed by atoms with E-state index >= 15 is 4.79 Å². The fourth-order valence-corrected chi connectivity index (χ4v) is 9.03. The number of hydrogen-bond acceptors (Lipinski definition) is 9. The first-order valence-corrected chi connectivity index (χ1v) is 17.4. The van der Waals surface area contributed by atoms with Crippen LogP contribution < -0.4 is 14.2 Å². The lowest BCUT2D eigenvalue weighted by Gasteiger charge is -2.56. The zero-order valence-electron chi connectivity index (χ0n) is 30.3. The van der Waals surface area contributed by atoms with E-state index in [0.29, 0.717) is 52.4 Å². The molecule has 9 nitrogen and oxygen atoms in total. The van der Waals surface area contributed by atoms with E-state index in [1.165, 1.54) is 7.11 Å². The van der Waals surface area contributed by atoms with Crippen molar-refractivity contribution in [3.8, 4) is 17.2 Å². The van der Waals surface area contributed by atoms with Gasteiger partial charge in [0.25, 0.3) is 0 Å². The molecular formula is C40H48O9. The molecule has 49 heavy (non-hydrogen) atoms. The number of carbonyl (C=O) groups excluding carboxylic acids is 3. The minimum Gasteiger partial charge on any atom is -0.495 e. The van der Waals surface area contributed by atoms with Gasteiger partial charge in [0.1, 0.15) is 28.4 Å². The molecule has 0 N–H and O–H groups in total. The van der Waals surface area contributed by atoms with Crippen LogP contribution in [0.25, 0.3) is 6.08 Å². The molecule has 2 saturated heterocycles. The maximum absolute atomic E-state index is 15.1. The van der Waals surface area contributed by atoms with Crippen molar-refractivity contribution in [3.63, 3.8) is 0 Å². The molecule has 3 fully saturated rings. The van der Waals surface area contributed by atoms with E-state index in [2.05, 4.69) is 26.8 Å². The molecule has 1 spiro atoms. The molecule has 9 heteroatoms. The Bertz CT molecular complexity index is 1800. The second kappa shape index (κ2) is 10.9. The molecule has 2 unspecified atom stereocenters. The summed E-state index contributed by atoms with van der Waals surface area (Å²) in [6.07, 6.45) is 12.3. The van der Waals surface area contributed by atoms with Gasteiger partial charge in [0.15, 0.2) is 22.8 Å². The van der Waals surface area contributed by atoms with Gasteiger partial charge in [-0.25, -0.2) is 4.79 Å². The van der Waals surface area contributed by atoms with Crippen molar-refractivity contribution >= 4 is 23.6 Å². The van der Waals surface area contributed by atoms with Crippen LogP contribution in [0.2, 0.25) is 0 Å². The summed E-state index contributed by atoms with van der Waals surface area (Å²) >= 11 is 0. The summed E-state index contributed by atoms with van der Waals surface area (Å²) in [7, 11) is 2.88. The highest BCUT2D eigenvalue weighted by Gasteiger charge is 2.81. The minimum atomic E-state index is -1.54. The topological polar surface area (TPSA) is 110 Å². The van der Waals surface area contributed by atoms with Crippen molar-refractivity contribution in [2.24, 2.45) is 11.8 Å². The molecule has 4 heterocycles. The van der Waals surface area contributed by atoms with Crippen LogP contribution >= 0.6 is 0 Å². The monoisotopic (exact) mass is 672 g/mol. The number of hydrogen-bond donors (Lipinski definition) is 0. The Morgan fingerprint density at radius 2 is 1.71 bits per heavy atom. The van der Waals surface area contributed by atoms with Gasteiger partial charge in [-0.15, -0.1) is 0 Å². The molecule has 6 atom stereocenters. The Morgan fingerprint density at radius 1 is 1.00 bits per heavy atom. The van der Waals surface area contributed by atoms with Gasteiger partial charge in [0.2, 0.25) is 0 Å². The second-order valence-corrected chi connectivity index (χ2v) is 16.1. The smallest absolute Gasteiger partial charge is 0.333 e. The number of epoxide rings is 1. The Hall–Kier alpha value is -3.69. The largest absolute Gasteiger partial charge is 0.495 e. The number of ether oxygens (including phenoxy) is 6. The van der Waals surface area contributed by atoms with Crippen molar-refractivity contribution in [2.45, 2.75) is 122 Å². The third-order valence-electron chi connectivity index (χ3n) is 11.7. The van der Waals surface area contributed by atoms with Crippen LogP contribution in [0.3, 0.4) is 0 Å². The van der Waals surface area contributed by atoms with Crippen molar-refractivity contribution in [1.82, 2.24) is 0 Å². The van der Waals surface area contributed by atoms with E-state index in [1.807, 2.05) is 39.8 Å². The number of ketones is 2. The van der Waals surface area contributed by atoms with Gasteiger partial charge in [-0.05, 0) is 93.2 Å². The molecular weight excluding hydrogens is 624 g/mol. The molecule has 4 bridgehead atoms. The lowest BCUT2D eigenvalue weighted by molar-refractivity contribution is -0.171. The summed E-state index contributed by atoms with van der Waals surface area (Å²) in [6, 6.07) is 0. The molecule has 0 aromatic heterocycles. The maximum Gasteiger partial charge on any atom is 0.333 e. The summed E-state index contributed by atoms with van der Waals surface area (Å²) < 4.78 is 38.0. The molecule has 1 aromatic rings. The third-order valence-corrected chi connectivity index (χ3v) is 11.7. The fraction of sp³-hybridized carbons (Fsp3) is 0.575. The molecule has 262 valence electrons. The van der Waals surface area contributed by atoms with Crippen molar-refractivity contribution < 1.29 is 42.8 Å². The first-order valence-electron chi connectivity index (χ1n) is 17.4. The van der Waals surface area contributed by atoms with Crippen LogP contribution in [0.15, 0.2) is 41.0 Å². The van der Waals surface area contributed by atoms with Gasteiger partial charge >= 0.3 is 5.97 Å². The van der Waals surface area contributed by atoms with Crippen LogP contribution in [-0.4, -0.2) is 65.9 Å². The van der Waals surface area contributed by atoms with Crippen molar-refractivity contribution in [1.29, 1.82) is 0 Å². The average molecular weight is 673 g/mol. The molecule has 1 saturated carbocycles. The van der Waals surface area contributed by atoms with Crippen LogP contribution in [0, 0.1) is 11.8 Å². The van der Waals surface area contributed by atoms with E-state index in [-0.39, 0.29) is 35.6 Å². The van der Waals surface area contributed by atoms with Gasteiger partial charge in [-0.3, -0.25) is 9.59 Å². The van der Waals surface area contributed by atoms with Gasteiger partial charge in [-0.1, -0.05) is 23.8 Å². The first kappa shape index (κ1) is 33.8. The Kier molecular flexibility index (Phi) is 7.52. The summed E-state index contributed by atoms with van der Waals surface area (Å²) in [6.45, 7) is 15.9. The lowest BCUT2D eigenvalue weighted by Crippen LogP contribution is -2.72. The second-order valence-electron chi connectivity index (χ2n) is 16.1. The van der Waals surface area contributed by atoms with E-state index in [1.54, 1.807) is 26.2 Å². The summed E-state index contributed by atoms with van der Waals surface area (Å²) in [4.78, 5) is 42.0. The number of fused-ring (bicyclic) bond motifs is 2. The molecule has 4 aliphatic heterocycles. The van der Waals surface area contributed by atoms with E-state index in [0.717, 1.165) is 24.0 Å². The summed E-state index contributed by atoms with van der Waals surface area (Å²) in [5.74, 6) is -0.385. The van der Waals surface area contributed by atoms with Crippen molar-refractivity contribution in [3.05, 3.63) is 57.7 Å². The van der Waals surface area contributed by atoms with Crippen LogP contribution in [-0.2, 0) is 30.2 Å². The molecule has 3 aliphatic carbocycles.